The summed E-state index contributed by atoms with van der Waals surface area (Å²) in [5.41, 5.74) is 0. The van der Waals surface area contributed by atoms with Gasteiger partial charge in [-0.1, -0.05) is 6.92 Å². The van der Waals surface area contributed by atoms with Crippen molar-refractivity contribution >= 4 is 5.78 Å². The molecule has 80 valence electrons. The Morgan fingerprint density at radius 2 is 2.14 bits per heavy atom. The molecule has 0 aromatic rings. The monoisotopic (exact) mass is 195 g/mol. The molecule has 0 bridgehead atoms. The van der Waals surface area contributed by atoms with Crippen LogP contribution in [0.1, 0.15) is 45.4 Å². The molecule has 0 aromatic heterocycles. The molecular formula is C12H21NO. The SMILES string of the molecule is CCCN(CC1CC1)C1CCCC1=O. The van der Waals surface area contributed by atoms with E-state index >= 15 is 0 Å². The number of carbonyl (C=O) groups excluding carboxylic acids is 1. The molecule has 0 heterocycles. The first-order chi connectivity index (χ1) is 6.81. The van der Waals surface area contributed by atoms with Crippen LogP contribution in [-0.4, -0.2) is 29.8 Å². The third-order valence-corrected chi connectivity index (χ3v) is 3.41. The molecule has 0 amide bonds. The molecule has 1 atom stereocenters. The minimum Gasteiger partial charge on any atom is -0.298 e. The third-order valence-electron chi connectivity index (χ3n) is 3.41. The fourth-order valence-electron chi connectivity index (χ4n) is 2.48. The molecule has 2 rings (SSSR count). The van der Waals surface area contributed by atoms with Crippen LogP contribution < -0.4 is 0 Å². The van der Waals surface area contributed by atoms with Gasteiger partial charge in [0.25, 0.3) is 0 Å². The highest BCUT2D eigenvalue weighted by molar-refractivity contribution is 5.85. The van der Waals surface area contributed by atoms with Gasteiger partial charge in [0.15, 0.2) is 0 Å². The Morgan fingerprint density at radius 3 is 2.64 bits per heavy atom. The van der Waals surface area contributed by atoms with Crippen LogP contribution in [0.2, 0.25) is 0 Å². The molecule has 2 heteroatoms. The van der Waals surface area contributed by atoms with Crippen LogP contribution in [0.4, 0.5) is 0 Å². The summed E-state index contributed by atoms with van der Waals surface area (Å²) in [7, 11) is 0. The Kier molecular flexibility index (Phi) is 3.22. The summed E-state index contributed by atoms with van der Waals surface area (Å²) in [6, 6.07) is 0.288. The quantitative estimate of drug-likeness (QED) is 0.670. The molecule has 1 unspecified atom stereocenters. The van der Waals surface area contributed by atoms with Gasteiger partial charge >= 0.3 is 0 Å². The lowest BCUT2D eigenvalue weighted by molar-refractivity contribution is -0.122. The van der Waals surface area contributed by atoms with E-state index in [9.17, 15) is 4.79 Å². The van der Waals surface area contributed by atoms with Crippen molar-refractivity contribution in [2.45, 2.75) is 51.5 Å². The number of carbonyl (C=O) groups is 1. The maximum atomic E-state index is 11.7. The second-order valence-electron chi connectivity index (χ2n) is 4.81. The van der Waals surface area contributed by atoms with Crippen molar-refractivity contribution in [3.05, 3.63) is 0 Å². The summed E-state index contributed by atoms with van der Waals surface area (Å²) in [6.45, 7) is 4.51. The molecular weight excluding hydrogens is 174 g/mol. The highest BCUT2D eigenvalue weighted by Gasteiger charge is 2.33. The van der Waals surface area contributed by atoms with Crippen LogP contribution in [0.25, 0.3) is 0 Å². The van der Waals surface area contributed by atoms with Crippen molar-refractivity contribution in [3.63, 3.8) is 0 Å². The summed E-state index contributed by atoms with van der Waals surface area (Å²) < 4.78 is 0. The van der Waals surface area contributed by atoms with E-state index in [1.807, 2.05) is 0 Å². The van der Waals surface area contributed by atoms with E-state index in [0.29, 0.717) is 5.78 Å². The first kappa shape index (κ1) is 10.2. The molecule has 2 fully saturated rings. The smallest absolute Gasteiger partial charge is 0.149 e. The summed E-state index contributed by atoms with van der Waals surface area (Å²) in [5.74, 6) is 1.41. The molecule has 0 aliphatic heterocycles. The van der Waals surface area contributed by atoms with Crippen LogP contribution in [0.5, 0.6) is 0 Å². The Balaban J connectivity index is 1.89. The molecule has 2 aliphatic rings. The van der Waals surface area contributed by atoms with Crippen molar-refractivity contribution in [2.75, 3.05) is 13.1 Å². The van der Waals surface area contributed by atoms with E-state index in [4.69, 9.17) is 0 Å². The van der Waals surface area contributed by atoms with Gasteiger partial charge in [0.1, 0.15) is 5.78 Å². The fourth-order valence-corrected chi connectivity index (χ4v) is 2.48. The number of ketones is 1. The van der Waals surface area contributed by atoms with Crippen molar-refractivity contribution in [1.29, 1.82) is 0 Å². The second kappa shape index (κ2) is 4.43. The van der Waals surface area contributed by atoms with Gasteiger partial charge in [0.05, 0.1) is 6.04 Å². The van der Waals surface area contributed by atoms with Crippen molar-refractivity contribution < 1.29 is 4.79 Å². The van der Waals surface area contributed by atoms with Gasteiger partial charge < -0.3 is 0 Å². The van der Waals surface area contributed by atoms with Crippen molar-refractivity contribution in [3.8, 4) is 0 Å². The first-order valence-corrected chi connectivity index (χ1v) is 6.08. The number of hydrogen-bond acceptors (Lipinski definition) is 2. The normalized spacial score (nSPS) is 27.6. The van der Waals surface area contributed by atoms with Crippen LogP contribution in [-0.2, 0) is 4.79 Å². The molecule has 0 saturated heterocycles. The maximum Gasteiger partial charge on any atom is 0.149 e. The summed E-state index contributed by atoms with van der Waals surface area (Å²) in [5, 5.41) is 0. The molecule has 0 N–H and O–H groups in total. The number of hydrogen-bond donors (Lipinski definition) is 0. The Morgan fingerprint density at radius 1 is 1.36 bits per heavy atom. The van der Waals surface area contributed by atoms with Gasteiger partial charge in [0, 0.05) is 13.0 Å². The lowest BCUT2D eigenvalue weighted by atomic mass is 10.1. The van der Waals surface area contributed by atoms with Crippen molar-refractivity contribution in [1.82, 2.24) is 4.90 Å². The van der Waals surface area contributed by atoms with E-state index in [0.717, 1.165) is 31.7 Å². The van der Waals surface area contributed by atoms with Crippen LogP contribution in [0, 0.1) is 5.92 Å². The maximum absolute atomic E-state index is 11.7. The van der Waals surface area contributed by atoms with E-state index in [-0.39, 0.29) is 6.04 Å². The van der Waals surface area contributed by atoms with E-state index in [1.54, 1.807) is 0 Å². The molecule has 0 spiro atoms. The Hall–Kier alpha value is -0.370. The van der Waals surface area contributed by atoms with Crippen molar-refractivity contribution in [2.24, 2.45) is 5.92 Å². The minimum atomic E-state index is 0.288. The zero-order chi connectivity index (χ0) is 9.97. The molecule has 14 heavy (non-hydrogen) atoms. The molecule has 2 aliphatic carbocycles. The molecule has 0 aromatic carbocycles. The van der Waals surface area contributed by atoms with Gasteiger partial charge in [-0.05, 0) is 44.6 Å². The van der Waals surface area contributed by atoms with Crippen LogP contribution >= 0.6 is 0 Å². The summed E-state index contributed by atoms with van der Waals surface area (Å²) in [4.78, 5) is 14.1. The summed E-state index contributed by atoms with van der Waals surface area (Å²) in [6.07, 6.45) is 7.02. The van der Waals surface area contributed by atoms with E-state index in [1.165, 1.54) is 25.8 Å². The number of Topliss-reactive ketones (excluding diaryl/α,β-unsaturated/α-hetero) is 1. The topological polar surface area (TPSA) is 20.3 Å². The zero-order valence-electron chi connectivity index (χ0n) is 9.17. The number of nitrogens with zero attached hydrogens (tertiary/aromatic N) is 1. The summed E-state index contributed by atoms with van der Waals surface area (Å²) >= 11 is 0. The van der Waals surface area contributed by atoms with Gasteiger partial charge in [-0.15, -0.1) is 0 Å². The predicted octanol–water partition coefficient (Wildman–Crippen LogP) is 2.23. The minimum absolute atomic E-state index is 0.288. The lowest BCUT2D eigenvalue weighted by Crippen LogP contribution is -2.40. The van der Waals surface area contributed by atoms with Gasteiger partial charge in [-0.25, -0.2) is 0 Å². The largest absolute Gasteiger partial charge is 0.298 e. The van der Waals surface area contributed by atoms with E-state index in [2.05, 4.69) is 11.8 Å². The highest BCUT2D eigenvalue weighted by atomic mass is 16.1. The molecule has 0 radical (unpaired) electrons. The third kappa shape index (κ3) is 2.35. The lowest BCUT2D eigenvalue weighted by Gasteiger charge is -2.27. The highest BCUT2D eigenvalue weighted by Crippen LogP contribution is 2.32. The van der Waals surface area contributed by atoms with Crippen LogP contribution in [0.3, 0.4) is 0 Å². The average molecular weight is 195 g/mol. The van der Waals surface area contributed by atoms with Gasteiger partial charge in [-0.3, -0.25) is 9.69 Å². The standard InChI is InChI=1S/C12H21NO/c1-2-8-13(9-10-6-7-10)11-4-3-5-12(11)14/h10-11H,2-9H2,1H3. The molecule has 2 saturated carbocycles. The van der Waals surface area contributed by atoms with Gasteiger partial charge in [0.2, 0.25) is 0 Å². The molecule has 2 nitrogen and oxygen atoms in total. The first-order valence-electron chi connectivity index (χ1n) is 6.08. The number of rotatable bonds is 5. The second-order valence-corrected chi connectivity index (χ2v) is 4.81. The predicted molar refractivity (Wildman–Crippen MR) is 57.2 cm³/mol. The zero-order valence-corrected chi connectivity index (χ0v) is 9.17. The van der Waals surface area contributed by atoms with Crippen LogP contribution in [0.15, 0.2) is 0 Å². The average Bonchev–Trinajstić information content (AvgIpc) is 2.87. The van der Waals surface area contributed by atoms with Gasteiger partial charge in [-0.2, -0.15) is 0 Å². The fraction of sp³-hybridized carbons (Fsp3) is 0.917. The Labute approximate surface area is 86.7 Å². The Bertz CT molecular complexity index is 210. The van der Waals surface area contributed by atoms with E-state index < -0.39 is 0 Å².